The van der Waals surface area contributed by atoms with E-state index in [0.717, 1.165) is 29.5 Å². The zero-order chi connectivity index (χ0) is 13.8. The molecule has 0 aromatic heterocycles. The number of methoxy groups -OCH3 is 1. The van der Waals surface area contributed by atoms with E-state index in [1.165, 1.54) is 5.56 Å². The molecule has 1 unspecified atom stereocenters. The van der Waals surface area contributed by atoms with Crippen LogP contribution in [0.25, 0.3) is 0 Å². The van der Waals surface area contributed by atoms with Gasteiger partial charge in [-0.15, -0.1) is 0 Å². The van der Waals surface area contributed by atoms with Crippen molar-refractivity contribution in [3.05, 3.63) is 23.8 Å². The Morgan fingerprint density at radius 3 is 2.74 bits per heavy atom. The predicted molar refractivity (Wildman–Crippen MR) is 81.3 cm³/mol. The first kappa shape index (κ1) is 14.1. The van der Waals surface area contributed by atoms with Gasteiger partial charge in [0.25, 0.3) is 0 Å². The van der Waals surface area contributed by atoms with E-state index in [9.17, 15) is 0 Å². The molecular formula is C15H21NO2S. The summed E-state index contributed by atoms with van der Waals surface area (Å²) in [6.45, 7) is 5.88. The minimum atomic E-state index is 0.444. The lowest BCUT2D eigenvalue weighted by Crippen LogP contribution is -2.12. The van der Waals surface area contributed by atoms with Gasteiger partial charge in [0.1, 0.15) is 0 Å². The maximum Gasteiger partial charge on any atom is 0.161 e. The lowest BCUT2D eigenvalue weighted by molar-refractivity contribution is 0.256. The van der Waals surface area contributed by atoms with Crippen molar-refractivity contribution in [1.82, 2.24) is 5.32 Å². The van der Waals surface area contributed by atoms with Crippen LogP contribution in [0.2, 0.25) is 0 Å². The average molecular weight is 279 g/mol. The first-order valence-corrected chi connectivity index (χ1v) is 7.08. The number of rotatable bonds is 5. The summed E-state index contributed by atoms with van der Waals surface area (Å²) in [4.78, 5) is 0.950. The maximum atomic E-state index is 5.84. The van der Waals surface area contributed by atoms with Crippen molar-refractivity contribution in [2.75, 3.05) is 20.3 Å². The molecule has 3 nitrogen and oxygen atoms in total. The highest BCUT2D eigenvalue weighted by atomic mass is 32.1. The summed E-state index contributed by atoms with van der Waals surface area (Å²) >= 11 is 5.20. The second-order valence-electron chi connectivity index (χ2n) is 5.32. The minimum absolute atomic E-state index is 0.444. The van der Waals surface area contributed by atoms with Crippen molar-refractivity contribution in [2.45, 2.75) is 26.2 Å². The van der Waals surface area contributed by atoms with Crippen molar-refractivity contribution in [3.8, 4) is 11.5 Å². The molecule has 0 amide bonds. The van der Waals surface area contributed by atoms with Crippen molar-refractivity contribution in [1.29, 1.82) is 0 Å². The van der Waals surface area contributed by atoms with E-state index < -0.39 is 0 Å². The Morgan fingerprint density at radius 1 is 1.37 bits per heavy atom. The van der Waals surface area contributed by atoms with Crippen molar-refractivity contribution in [2.24, 2.45) is 5.92 Å². The summed E-state index contributed by atoms with van der Waals surface area (Å²) in [7, 11) is 1.67. The molecule has 1 aliphatic heterocycles. The number of hydrogen-bond donors (Lipinski definition) is 1. The number of thiocarbonyl (C=S) groups is 1. The second kappa shape index (κ2) is 6.24. The van der Waals surface area contributed by atoms with Crippen LogP contribution in [0.5, 0.6) is 11.5 Å². The molecule has 0 bridgehead atoms. The molecule has 0 spiro atoms. The van der Waals surface area contributed by atoms with Crippen LogP contribution >= 0.6 is 12.2 Å². The van der Waals surface area contributed by atoms with Gasteiger partial charge in [0.15, 0.2) is 11.5 Å². The Morgan fingerprint density at radius 2 is 2.16 bits per heavy atom. The quantitative estimate of drug-likeness (QED) is 0.839. The number of hydrogen-bond acceptors (Lipinski definition) is 3. The third kappa shape index (κ3) is 3.60. The Labute approximate surface area is 120 Å². The van der Waals surface area contributed by atoms with Gasteiger partial charge in [-0.3, -0.25) is 0 Å². The van der Waals surface area contributed by atoms with Gasteiger partial charge in [-0.2, -0.15) is 0 Å². The topological polar surface area (TPSA) is 30.5 Å². The number of ether oxygens (including phenoxy) is 2. The van der Waals surface area contributed by atoms with Crippen LogP contribution in [0.4, 0.5) is 0 Å². The van der Waals surface area contributed by atoms with Crippen LogP contribution < -0.4 is 14.8 Å². The van der Waals surface area contributed by atoms with E-state index in [1.807, 2.05) is 6.07 Å². The highest BCUT2D eigenvalue weighted by Crippen LogP contribution is 2.33. The number of nitrogens with one attached hydrogen (secondary N) is 1. The standard InChI is InChI=1S/C15H21NO2S/c1-10(2)9-18-14-6-11(4-5-13(14)17-3)12-7-15(19)16-8-12/h4-6,10,12H,7-9H2,1-3H3,(H,16,19). The molecule has 1 heterocycles. The molecule has 1 fully saturated rings. The van der Waals surface area contributed by atoms with Crippen molar-refractivity contribution >= 4 is 17.2 Å². The van der Waals surface area contributed by atoms with Crippen LogP contribution in [0, 0.1) is 5.92 Å². The molecule has 0 radical (unpaired) electrons. The van der Waals surface area contributed by atoms with E-state index in [4.69, 9.17) is 21.7 Å². The molecule has 1 aliphatic rings. The fourth-order valence-corrected chi connectivity index (χ4v) is 2.44. The molecule has 4 heteroatoms. The van der Waals surface area contributed by atoms with Gasteiger partial charge in [0, 0.05) is 18.9 Å². The molecule has 1 N–H and O–H groups in total. The summed E-state index contributed by atoms with van der Waals surface area (Å²) in [5, 5.41) is 3.23. The van der Waals surface area contributed by atoms with Crippen LogP contribution in [-0.2, 0) is 0 Å². The van der Waals surface area contributed by atoms with E-state index in [-0.39, 0.29) is 0 Å². The Bertz CT molecular complexity index is 459. The fraction of sp³-hybridized carbons (Fsp3) is 0.533. The molecule has 104 valence electrons. The summed E-state index contributed by atoms with van der Waals surface area (Å²) in [5.41, 5.74) is 1.26. The molecule has 1 atom stereocenters. The van der Waals surface area contributed by atoms with Crippen LogP contribution in [-0.4, -0.2) is 25.2 Å². The molecule has 0 aliphatic carbocycles. The summed E-state index contributed by atoms with van der Waals surface area (Å²) in [6.07, 6.45) is 0.922. The third-order valence-corrected chi connectivity index (χ3v) is 3.52. The lowest BCUT2D eigenvalue weighted by Gasteiger charge is -2.15. The Balaban J connectivity index is 2.17. The van der Waals surface area contributed by atoms with E-state index >= 15 is 0 Å². The first-order valence-electron chi connectivity index (χ1n) is 6.67. The van der Waals surface area contributed by atoms with Gasteiger partial charge >= 0.3 is 0 Å². The highest BCUT2D eigenvalue weighted by molar-refractivity contribution is 7.80. The van der Waals surface area contributed by atoms with Gasteiger partial charge in [-0.1, -0.05) is 32.1 Å². The van der Waals surface area contributed by atoms with Gasteiger partial charge in [-0.05, 0) is 23.6 Å². The SMILES string of the molecule is COc1ccc(C2CNC(=S)C2)cc1OCC(C)C. The Hall–Kier alpha value is -1.29. The van der Waals surface area contributed by atoms with Crippen LogP contribution in [0.15, 0.2) is 18.2 Å². The fourth-order valence-electron chi connectivity index (χ4n) is 2.16. The van der Waals surface area contributed by atoms with Crippen molar-refractivity contribution < 1.29 is 9.47 Å². The Kier molecular flexibility index (Phi) is 4.64. The van der Waals surface area contributed by atoms with E-state index in [0.29, 0.717) is 18.4 Å². The normalized spacial score (nSPS) is 18.5. The van der Waals surface area contributed by atoms with Gasteiger partial charge in [-0.25, -0.2) is 0 Å². The van der Waals surface area contributed by atoms with Gasteiger partial charge < -0.3 is 14.8 Å². The first-order chi connectivity index (χ1) is 9.10. The summed E-state index contributed by atoms with van der Waals surface area (Å²) in [6, 6.07) is 6.16. The van der Waals surface area contributed by atoms with E-state index in [1.54, 1.807) is 7.11 Å². The zero-order valence-corrected chi connectivity index (χ0v) is 12.5. The molecule has 19 heavy (non-hydrogen) atoms. The maximum absolute atomic E-state index is 5.84. The lowest BCUT2D eigenvalue weighted by atomic mass is 9.98. The zero-order valence-electron chi connectivity index (χ0n) is 11.7. The predicted octanol–water partition coefficient (Wildman–Crippen LogP) is 3.13. The molecule has 0 saturated carbocycles. The number of benzene rings is 1. The second-order valence-corrected chi connectivity index (χ2v) is 5.81. The molecule has 1 aromatic rings. The molecule has 2 rings (SSSR count). The van der Waals surface area contributed by atoms with Gasteiger partial charge in [0.05, 0.1) is 18.7 Å². The third-order valence-electron chi connectivity index (χ3n) is 3.21. The highest BCUT2D eigenvalue weighted by Gasteiger charge is 2.21. The molecule has 1 aromatic carbocycles. The van der Waals surface area contributed by atoms with E-state index in [2.05, 4.69) is 31.3 Å². The summed E-state index contributed by atoms with van der Waals surface area (Å²) < 4.78 is 11.2. The van der Waals surface area contributed by atoms with Crippen LogP contribution in [0.1, 0.15) is 31.7 Å². The van der Waals surface area contributed by atoms with Crippen LogP contribution in [0.3, 0.4) is 0 Å². The molecule has 1 saturated heterocycles. The average Bonchev–Trinajstić information content (AvgIpc) is 2.82. The van der Waals surface area contributed by atoms with Gasteiger partial charge in [0.2, 0.25) is 0 Å². The largest absolute Gasteiger partial charge is 0.493 e. The molecular weight excluding hydrogens is 258 g/mol. The van der Waals surface area contributed by atoms with Crippen molar-refractivity contribution in [3.63, 3.8) is 0 Å². The monoisotopic (exact) mass is 279 g/mol. The summed E-state index contributed by atoms with van der Waals surface area (Å²) in [5.74, 6) is 2.55. The minimum Gasteiger partial charge on any atom is -0.493 e. The smallest absolute Gasteiger partial charge is 0.161 e.